The van der Waals surface area contributed by atoms with Crippen LogP contribution in [0.15, 0.2) is 36.4 Å². The second-order valence-electron chi connectivity index (χ2n) is 6.88. The monoisotopic (exact) mass is 338 g/mol. The zero-order valence-electron chi connectivity index (χ0n) is 13.9. The van der Waals surface area contributed by atoms with Gasteiger partial charge >= 0.3 is 6.18 Å². The molecule has 1 heterocycles. The minimum absolute atomic E-state index is 0.385. The van der Waals surface area contributed by atoms with Crippen molar-refractivity contribution in [1.82, 2.24) is 9.80 Å². The number of rotatable bonds is 4. The number of hydrogen-bond acceptors (Lipinski definition) is 2. The third kappa shape index (κ3) is 4.61. The summed E-state index contributed by atoms with van der Waals surface area (Å²) in [6.07, 6.45) is 3.87. The number of halogens is 3. The van der Waals surface area contributed by atoms with E-state index in [4.69, 9.17) is 0 Å². The van der Waals surface area contributed by atoms with Crippen LogP contribution in [0.4, 0.5) is 13.2 Å². The summed E-state index contributed by atoms with van der Waals surface area (Å²) in [5, 5.41) is 0. The van der Waals surface area contributed by atoms with Gasteiger partial charge in [-0.25, -0.2) is 0 Å². The van der Waals surface area contributed by atoms with Crippen LogP contribution in [0.5, 0.6) is 0 Å². The Bertz CT molecular complexity index is 560. The molecule has 0 radical (unpaired) electrons. The molecular weight excluding hydrogens is 313 g/mol. The van der Waals surface area contributed by atoms with Gasteiger partial charge in [0.15, 0.2) is 0 Å². The maximum Gasteiger partial charge on any atom is 0.416 e. The maximum absolute atomic E-state index is 13.1. The number of nitrogens with zero attached hydrogens (tertiary/aromatic N) is 2. The van der Waals surface area contributed by atoms with Gasteiger partial charge in [-0.2, -0.15) is 13.2 Å². The van der Waals surface area contributed by atoms with Crippen molar-refractivity contribution in [3.05, 3.63) is 47.5 Å². The molecule has 0 aromatic heterocycles. The van der Waals surface area contributed by atoms with E-state index in [0.717, 1.165) is 38.6 Å². The van der Waals surface area contributed by atoms with Gasteiger partial charge in [0.25, 0.3) is 0 Å². The van der Waals surface area contributed by atoms with Crippen LogP contribution in [0, 0.1) is 5.92 Å². The quantitative estimate of drug-likeness (QED) is 0.760. The second-order valence-corrected chi connectivity index (χ2v) is 6.88. The Morgan fingerprint density at radius 3 is 2.33 bits per heavy atom. The topological polar surface area (TPSA) is 6.48 Å². The van der Waals surface area contributed by atoms with Gasteiger partial charge in [0.05, 0.1) is 5.56 Å². The van der Waals surface area contributed by atoms with Gasteiger partial charge in [-0.15, -0.1) is 0 Å². The lowest BCUT2D eigenvalue weighted by molar-refractivity contribution is -0.138. The minimum Gasteiger partial charge on any atom is -0.301 e. The third-order valence-electron chi connectivity index (χ3n) is 5.08. The highest BCUT2D eigenvalue weighted by molar-refractivity contribution is 5.29. The Morgan fingerprint density at radius 2 is 1.67 bits per heavy atom. The Morgan fingerprint density at radius 1 is 0.958 bits per heavy atom. The van der Waals surface area contributed by atoms with Crippen molar-refractivity contribution in [2.24, 2.45) is 5.92 Å². The molecular formula is C19H25F3N2. The number of alkyl halides is 3. The van der Waals surface area contributed by atoms with Crippen LogP contribution in [0.3, 0.4) is 0 Å². The molecule has 3 rings (SSSR count). The summed E-state index contributed by atoms with van der Waals surface area (Å²) in [6, 6.07) is 5.94. The summed E-state index contributed by atoms with van der Waals surface area (Å²) in [6.45, 7) is 5.10. The van der Waals surface area contributed by atoms with Gasteiger partial charge in [0.2, 0.25) is 0 Å². The number of piperazine rings is 1. The Balaban J connectivity index is 1.52. The molecule has 0 saturated carbocycles. The van der Waals surface area contributed by atoms with Crippen LogP contribution in [-0.4, -0.2) is 42.5 Å². The van der Waals surface area contributed by atoms with Crippen molar-refractivity contribution in [1.29, 1.82) is 0 Å². The molecule has 1 aliphatic heterocycles. The molecule has 0 amide bonds. The lowest BCUT2D eigenvalue weighted by Gasteiger charge is -2.37. The molecule has 1 aromatic carbocycles. The van der Waals surface area contributed by atoms with E-state index in [1.807, 2.05) is 0 Å². The highest BCUT2D eigenvalue weighted by atomic mass is 19.4. The van der Waals surface area contributed by atoms with Gasteiger partial charge in [-0.3, -0.25) is 4.90 Å². The van der Waals surface area contributed by atoms with E-state index < -0.39 is 11.7 Å². The van der Waals surface area contributed by atoms with E-state index in [-0.39, 0.29) is 0 Å². The average Bonchev–Trinajstić information content (AvgIpc) is 2.57. The molecule has 0 spiro atoms. The molecule has 1 saturated heterocycles. The first kappa shape index (κ1) is 17.5. The van der Waals surface area contributed by atoms with Crippen LogP contribution >= 0.6 is 0 Å². The van der Waals surface area contributed by atoms with Crippen LogP contribution in [0.1, 0.15) is 30.4 Å². The Hall–Kier alpha value is -1.33. The molecule has 1 fully saturated rings. The molecule has 1 aromatic rings. The molecule has 1 aliphatic carbocycles. The maximum atomic E-state index is 13.1. The van der Waals surface area contributed by atoms with E-state index >= 15 is 0 Å². The summed E-state index contributed by atoms with van der Waals surface area (Å²) in [4.78, 5) is 4.61. The van der Waals surface area contributed by atoms with Crippen molar-refractivity contribution >= 4 is 0 Å². The first-order valence-corrected chi connectivity index (χ1v) is 8.77. The molecule has 2 nitrogen and oxygen atoms in total. The molecule has 5 heteroatoms. The van der Waals surface area contributed by atoms with Crippen LogP contribution in [-0.2, 0) is 12.7 Å². The lowest BCUT2D eigenvalue weighted by atomic mass is 9.94. The van der Waals surface area contributed by atoms with E-state index in [2.05, 4.69) is 22.0 Å². The summed E-state index contributed by atoms with van der Waals surface area (Å²) in [5.41, 5.74) is -0.114. The third-order valence-corrected chi connectivity index (χ3v) is 5.08. The molecule has 2 aliphatic rings. The smallest absolute Gasteiger partial charge is 0.301 e. The molecule has 24 heavy (non-hydrogen) atoms. The summed E-state index contributed by atoms with van der Waals surface area (Å²) < 4.78 is 39.3. The summed E-state index contributed by atoms with van der Waals surface area (Å²) in [5.74, 6) is 0.743. The standard InChI is InChI=1S/C19H25F3N2/c20-19(21,22)18-9-5-4-8-17(18)15-24-12-10-23(11-13-24)14-16-6-2-1-3-7-16/h1-2,4-5,8-9,16H,3,6-7,10-15H2/t16-/m1/s1. The minimum atomic E-state index is -4.27. The zero-order valence-corrected chi connectivity index (χ0v) is 13.9. The van der Waals surface area contributed by atoms with Gasteiger partial charge in [-0.1, -0.05) is 30.4 Å². The van der Waals surface area contributed by atoms with Gasteiger partial charge < -0.3 is 4.90 Å². The first-order chi connectivity index (χ1) is 11.5. The van der Waals surface area contributed by atoms with E-state index in [1.165, 1.54) is 31.4 Å². The van der Waals surface area contributed by atoms with Crippen molar-refractivity contribution < 1.29 is 13.2 Å². The predicted octanol–water partition coefficient (Wildman–Crippen LogP) is 4.18. The van der Waals surface area contributed by atoms with Crippen LogP contribution in [0.2, 0.25) is 0 Å². The highest BCUT2D eigenvalue weighted by Gasteiger charge is 2.33. The first-order valence-electron chi connectivity index (χ1n) is 8.77. The number of allylic oxidation sites excluding steroid dienone is 2. The Labute approximate surface area is 141 Å². The zero-order chi connectivity index (χ0) is 17.0. The highest BCUT2D eigenvalue weighted by Crippen LogP contribution is 2.32. The van der Waals surface area contributed by atoms with Crippen molar-refractivity contribution in [2.45, 2.75) is 32.0 Å². The molecule has 1 atom stereocenters. The average molecular weight is 338 g/mol. The van der Waals surface area contributed by atoms with Crippen molar-refractivity contribution in [3.8, 4) is 0 Å². The predicted molar refractivity (Wildman–Crippen MR) is 89.6 cm³/mol. The van der Waals surface area contributed by atoms with Crippen molar-refractivity contribution in [2.75, 3.05) is 32.7 Å². The number of benzene rings is 1. The van der Waals surface area contributed by atoms with Gasteiger partial charge in [0.1, 0.15) is 0 Å². The molecule has 0 unspecified atom stereocenters. The van der Waals surface area contributed by atoms with Crippen molar-refractivity contribution in [3.63, 3.8) is 0 Å². The fourth-order valence-corrected chi connectivity index (χ4v) is 3.69. The second kappa shape index (κ2) is 7.70. The number of hydrogen-bond donors (Lipinski definition) is 0. The molecule has 0 N–H and O–H groups in total. The molecule has 132 valence electrons. The molecule has 0 bridgehead atoms. The van der Waals surface area contributed by atoms with Crippen LogP contribution < -0.4 is 0 Å². The van der Waals surface area contributed by atoms with E-state index in [0.29, 0.717) is 12.1 Å². The van der Waals surface area contributed by atoms with Gasteiger partial charge in [0, 0.05) is 39.3 Å². The fourth-order valence-electron chi connectivity index (χ4n) is 3.69. The SMILES string of the molecule is FC(F)(F)c1ccccc1CN1CCN(C[C@@H]2CC=CCC2)CC1. The summed E-state index contributed by atoms with van der Waals surface area (Å²) >= 11 is 0. The van der Waals surface area contributed by atoms with E-state index in [9.17, 15) is 13.2 Å². The lowest BCUT2D eigenvalue weighted by Crippen LogP contribution is -2.47. The van der Waals surface area contributed by atoms with E-state index in [1.54, 1.807) is 12.1 Å². The largest absolute Gasteiger partial charge is 0.416 e. The van der Waals surface area contributed by atoms with Crippen LogP contribution in [0.25, 0.3) is 0 Å². The van der Waals surface area contributed by atoms with Gasteiger partial charge in [-0.05, 0) is 36.8 Å². The fraction of sp³-hybridized carbons (Fsp3) is 0.579. The Kier molecular flexibility index (Phi) is 5.61. The summed E-state index contributed by atoms with van der Waals surface area (Å²) in [7, 11) is 0. The normalized spacial score (nSPS) is 23.5.